The van der Waals surface area contributed by atoms with Gasteiger partial charge >= 0.3 is 0 Å². The molecule has 6 heteroatoms. The second kappa shape index (κ2) is 7.78. The fraction of sp³-hybridized carbons (Fsp3) is 0.273. The number of likely N-dealkylation sites (N-methyl/N-ethyl adjacent to an activating group) is 1. The van der Waals surface area contributed by atoms with E-state index in [-0.39, 0.29) is 24.8 Å². The number of hydrogen-bond donors (Lipinski definition) is 1. The Labute approximate surface area is 169 Å². The number of nitrogens with zero attached hydrogens (tertiary/aromatic N) is 2. The Hall–Kier alpha value is -2.63. The van der Waals surface area contributed by atoms with Gasteiger partial charge in [-0.1, -0.05) is 29.8 Å². The zero-order valence-electron chi connectivity index (χ0n) is 16.4. The second-order valence-corrected chi connectivity index (χ2v) is 7.48. The zero-order valence-corrected chi connectivity index (χ0v) is 17.2. The molecule has 5 nitrogen and oxygen atoms in total. The number of anilines is 1. The van der Waals surface area contributed by atoms with Crippen molar-refractivity contribution in [1.29, 1.82) is 0 Å². The Bertz CT molecular complexity index is 997. The predicted octanol–water partition coefficient (Wildman–Crippen LogP) is 3.47. The van der Waals surface area contributed by atoms with Crippen LogP contribution in [-0.2, 0) is 9.59 Å². The van der Waals surface area contributed by atoms with Crippen molar-refractivity contribution in [3.63, 3.8) is 0 Å². The quantitative estimate of drug-likeness (QED) is 0.783. The first-order valence-electron chi connectivity index (χ1n) is 9.05. The number of aliphatic hydroxyl groups excluding tert-OH is 1. The summed E-state index contributed by atoms with van der Waals surface area (Å²) >= 11 is 6.04. The average Bonchev–Trinajstić information content (AvgIpc) is 2.89. The third-order valence-electron chi connectivity index (χ3n) is 5.07. The molecule has 1 aliphatic rings. The highest BCUT2D eigenvalue weighted by Crippen LogP contribution is 2.36. The molecule has 0 saturated carbocycles. The lowest BCUT2D eigenvalue weighted by molar-refractivity contribution is -0.120. The minimum atomic E-state index is -0.403. The number of benzene rings is 2. The predicted molar refractivity (Wildman–Crippen MR) is 111 cm³/mol. The summed E-state index contributed by atoms with van der Waals surface area (Å²) in [6, 6.07) is 10.8. The normalized spacial score (nSPS) is 14.3. The molecule has 146 valence electrons. The summed E-state index contributed by atoms with van der Waals surface area (Å²) in [5.74, 6) is -0.780. The maximum absolute atomic E-state index is 13.4. The van der Waals surface area contributed by atoms with Gasteiger partial charge in [-0.25, -0.2) is 4.90 Å². The number of carbonyl (C=O) groups is 2. The van der Waals surface area contributed by atoms with Crippen LogP contribution < -0.4 is 4.90 Å². The molecule has 0 saturated heterocycles. The van der Waals surface area contributed by atoms with E-state index in [1.807, 2.05) is 39.0 Å². The Morgan fingerprint density at radius 1 is 0.964 bits per heavy atom. The fourth-order valence-corrected chi connectivity index (χ4v) is 3.61. The van der Waals surface area contributed by atoms with Crippen LogP contribution in [0, 0.1) is 20.8 Å². The number of imide groups is 1. The smallest absolute Gasteiger partial charge is 0.282 e. The molecule has 1 heterocycles. The van der Waals surface area contributed by atoms with E-state index in [1.54, 1.807) is 30.1 Å². The Kier molecular flexibility index (Phi) is 5.59. The standard InChI is InChI=1S/C22H23ClN2O3/c1-13-5-6-16(11-14(13)2)19-20(24(4)9-10-26)22(28)25(21(19)27)18-8-7-17(23)12-15(18)3/h5-8,11-12,26H,9-10H2,1-4H3. The summed E-state index contributed by atoms with van der Waals surface area (Å²) in [6.45, 7) is 5.90. The van der Waals surface area contributed by atoms with Gasteiger partial charge in [0.1, 0.15) is 5.70 Å². The number of amides is 2. The second-order valence-electron chi connectivity index (χ2n) is 7.04. The Morgan fingerprint density at radius 2 is 1.68 bits per heavy atom. The van der Waals surface area contributed by atoms with Crippen molar-refractivity contribution in [3.8, 4) is 0 Å². The number of halogens is 1. The van der Waals surface area contributed by atoms with Gasteiger partial charge < -0.3 is 10.0 Å². The van der Waals surface area contributed by atoms with Gasteiger partial charge in [0.05, 0.1) is 17.9 Å². The van der Waals surface area contributed by atoms with E-state index in [0.29, 0.717) is 21.8 Å². The number of aryl methyl sites for hydroxylation is 3. The Balaban J connectivity index is 2.17. The van der Waals surface area contributed by atoms with Crippen LogP contribution in [0.4, 0.5) is 5.69 Å². The molecule has 0 radical (unpaired) electrons. The van der Waals surface area contributed by atoms with E-state index < -0.39 is 5.91 Å². The van der Waals surface area contributed by atoms with Crippen molar-refractivity contribution in [2.45, 2.75) is 20.8 Å². The van der Waals surface area contributed by atoms with Crippen molar-refractivity contribution in [2.24, 2.45) is 0 Å². The van der Waals surface area contributed by atoms with E-state index >= 15 is 0 Å². The molecule has 0 unspecified atom stereocenters. The highest BCUT2D eigenvalue weighted by Gasteiger charge is 2.42. The van der Waals surface area contributed by atoms with Crippen molar-refractivity contribution in [2.75, 3.05) is 25.1 Å². The summed E-state index contributed by atoms with van der Waals surface area (Å²) < 4.78 is 0. The highest BCUT2D eigenvalue weighted by molar-refractivity contribution is 6.45. The van der Waals surface area contributed by atoms with Crippen LogP contribution in [0.5, 0.6) is 0 Å². The van der Waals surface area contributed by atoms with Gasteiger partial charge in [0, 0.05) is 18.6 Å². The van der Waals surface area contributed by atoms with Crippen LogP contribution in [0.1, 0.15) is 22.3 Å². The van der Waals surface area contributed by atoms with Gasteiger partial charge in [-0.3, -0.25) is 9.59 Å². The summed E-state index contributed by atoms with van der Waals surface area (Å²) in [7, 11) is 1.70. The lowest BCUT2D eigenvalue weighted by atomic mass is 9.99. The maximum Gasteiger partial charge on any atom is 0.282 e. The first-order valence-corrected chi connectivity index (χ1v) is 9.43. The molecule has 28 heavy (non-hydrogen) atoms. The molecule has 2 amide bonds. The minimum absolute atomic E-state index is 0.123. The highest BCUT2D eigenvalue weighted by atomic mass is 35.5. The van der Waals surface area contributed by atoms with Crippen molar-refractivity contribution in [3.05, 3.63) is 69.4 Å². The van der Waals surface area contributed by atoms with E-state index in [4.69, 9.17) is 11.6 Å². The molecule has 0 spiro atoms. The minimum Gasteiger partial charge on any atom is -0.395 e. The molecule has 0 bridgehead atoms. The number of aliphatic hydroxyl groups is 1. The van der Waals surface area contributed by atoms with Crippen LogP contribution in [0.3, 0.4) is 0 Å². The van der Waals surface area contributed by atoms with Gasteiger partial charge in [-0.2, -0.15) is 0 Å². The topological polar surface area (TPSA) is 60.9 Å². The summed E-state index contributed by atoms with van der Waals surface area (Å²) in [6.07, 6.45) is 0. The van der Waals surface area contributed by atoms with Crippen LogP contribution in [0.15, 0.2) is 42.1 Å². The lowest BCUT2D eigenvalue weighted by Crippen LogP contribution is -2.35. The third kappa shape index (κ3) is 3.43. The van der Waals surface area contributed by atoms with Gasteiger partial charge in [-0.15, -0.1) is 0 Å². The summed E-state index contributed by atoms with van der Waals surface area (Å²) in [5.41, 5.74) is 4.71. The summed E-state index contributed by atoms with van der Waals surface area (Å²) in [5, 5.41) is 9.90. The van der Waals surface area contributed by atoms with Gasteiger partial charge in [0.25, 0.3) is 11.8 Å². The molecular formula is C22H23ClN2O3. The molecule has 2 aromatic carbocycles. The SMILES string of the molecule is Cc1ccc(C2=C(N(C)CCO)C(=O)N(c3ccc(Cl)cc3C)C2=O)cc1C. The monoisotopic (exact) mass is 398 g/mol. The van der Waals surface area contributed by atoms with E-state index in [2.05, 4.69) is 0 Å². The molecule has 2 aromatic rings. The van der Waals surface area contributed by atoms with Crippen molar-refractivity contribution in [1.82, 2.24) is 4.90 Å². The molecular weight excluding hydrogens is 376 g/mol. The van der Waals surface area contributed by atoms with Crippen molar-refractivity contribution >= 4 is 34.7 Å². The number of rotatable bonds is 5. The van der Waals surface area contributed by atoms with Crippen molar-refractivity contribution < 1.29 is 14.7 Å². The number of carbonyl (C=O) groups excluding carboxylic acids is 2. The molecule has 0 aromatic heterocycles. The fourth-order valence-electron chi connectivity index (χ4n) is 3.38. The molecule has 0 atom stereocenters. The molecule has 1 N–H and O–H groups in total. The van der Waals surface area contributed by atoms with E-state index in [1.165, 1.54) is 4.90 Å². The molecule has 0 fully saturated rings. The zero-order chi connectivity index (χ0) is 20.6. The van der Waals surface area contributed by atoms with Gasteiger partial charge in [0.15, 0.2) is 0 Å². The van der Waals surface area contributed by atoms with Crippen LogP contribution in [0.2, 0.25) is 5.02 Å². The molecule has 1 aliphatic heterocycles. The lowest BCUT2D eigenvalue weighted by Gasteiger charge is -2.21. The van der Waals surface area contributed by atoms with E-state index in [0.717, 1.165) is 16.7 Å². The Morgan fingerprint density at radius 3 is 2.29 bits per heavy atom. The average molecular weight is 399 g/mol. The van der Waals surface area contributed by atoms with Crippen LogP contribution in [-0.4, -0.2) is 42.0 Å². The summed E-state index contributed by atoms with van der Waals surface area (Å²) in [4.78, 5) is 29.5. The first-order chi connectivity index (χ1) is 13.3. The van der Waals surface area contributed by atoms with Gasteiger partial charge in [0.2, 0.25) is 0 Å². The largest absolute Gasteiger partial charge is 0.395 e. The maximum atomic E-state index is 13.4. The van der Waals surface area contributed by atoms with Gasteiger partial charge in [-0.05, 0) is 61.2 Å². The molecule has 0 aliphatic carbocycles. The third-order valence-corrected chi connectivity index (χ3v) is 5.31. The van der Waals surface area contributed by atoms with Crippen LogP contribution >= 0.6 is 11.6 Å². The van der Waals surface area contributed by atoms with E-state index in [9.17, 15) is 14.7 Å². The van der Waals surface area contributed by atoms with Crippen LogP contribution in [0.25, 0.3) is 5.57 Å². The number of hydrogen-bond acceptors (Lipinski definition) is 4. The first kappa shape index (κ1) is 20.1. The molecule has 3 rings (SSSR count).